The van der Waals surface area contributed by atoms with Crippen molar-refractivity contribution in [2.24, 2.45) is 5.92 Å². The molecular weight excluding hydrogens is 291 g/mol. The molecule has 1 aromatic carbocycles. The van der Waals surface area contributed by atoms with E-state index in [0.717, 1.165) is 12.5 Å². The Labute approximate surface area is 132 Å². The van der Waals surface area contributed by atoms with Gasteiger partial charge in [0.15, 0.2) is 0 Å². The molecule has 0 aliphatic carbocycles. The normalized spacial score (nSPS) is 17.3. The van der Waals surface area contributed by atoms with Crippen LogP contribution in [0.15, 0.2) is 24.3 Å². The van der Waals surface area contributed by atoms with E-state index in [0.29, 0.717) is 18.8 Å². The molecule has 1 unspecified atom stereocenters. The van der Waals surface area contributed by atoms with Crippen molar-refractivity contribution in [2.75, 3.05) is 24.6 Å². The zero-order valence-electron chi connectivity index (χ0n) is 14.0. The monoisotopic (exact) mass is 319 g/mol. The van der Waals surface area contributed by atoms with E-state index in [-0.39, 0.29) is 12.5 Å². The Morgan fingerprint density at radius 1 is 1.23 bits per heavy atom. The molecule has 1 N–H and O–H groups in total. The zero-order chi connectivity index (χ0) is 17.2. The predicted molar refractivity (Wildman–Crippen MR) is 86.2 cm³/mol. The number of nitrogens with zero attached hydrogens (tertiary/aromatic N) is 1. The molecule has 22 heavy (non-hydrogen) atoms. The van der Waals surface area contributed by atoms with Crippen molar-refractivity contribution in [3.8, 4) is 0 Å². The number of alkyl halides is 3. The zero-order valence-corrected chi connectivity index (χ0v) is 14.0. The molecule has 0 bridgehead atoms. The van der Waals surface area contributed by atoms with Gasteiger partial charge in [-0.05, 0) is 24.6 Å². The van der Waals surface area contributed by atoms with Gasteiger partial charge in [-0.25, -0.2) is 0 Å². The van der Waals surface area contributed by atoms with Crippen LogP contribution in [-0.4, -0.2) is 24.8 Å². The molecule has 1 saturated heterocycles. The van der Waals surface area contributed by atoms with Crippen molar-refractivity contribution < 1.29 is 18.3 Å². The molecule has 2 nitrogen and oxygen atoms in total. The van der Waals surface area contributed by atoms with Crippen LogP contribution in [0.3, 0.4) is 0 Å². The summed E-state index contributed by atoms with van der Waals surface area (Å²) in [5.74, 6) is 0.171. The average molecular weight is 319 g/mol. The van der Waals surface area contributed by atoms with Crippen molar-refractivity contribution in [1.29, 1.82) is 0 Å². The molecule has 5 heteroatoms. The van der Waals surface area contributed by atoms with Crippen molar-refractivity contribution in [3.63, 3.8) is 0 Å². The van der Waals surface area contributed by atoms with E-state index in [4.69, 9.17) is 5.11 Å². The Kier molecular flexibility index (Phi) is 9.90. The second-order valence-electron chi connectivity index (χ2n) is 5.04. The number of hydrogen-bond acceptors (Lipinski definition) is 2. The summed E-state index contributed by atoms with van der Waals surface area (Å²) < 4.78 is 37.6. The number of aliphatic hydroxyl groups is 1. The van der Waals surface area contributed by atoms with Crippen LogP contribution in [-0.2, 0) is 6.18 Å². The maximum Gasteiger partial charge on any atom is 0.416 e. The summed E-state index contributed by atoms with van der Waals surface area (Å²) in [6.07, 6.45) is -2.22. The lowest BCUT2D eigenvalue weighted by atomic mass is 10.1. The van der Waals surface area contributed by atoms with E-state index in [1.165, 1.54) is 18.6 Å². The Balaban J connectivity index is 0.000000789. The van der Waals surface area contributed by atoms with E-state index in [1.54, 1.807) is 6.07 Å². The van der Waals surface area contributed by atoms with Crippen LogP contribution in [0.2, 0.25) is 0 Å². The van der Waals surface area contributed by atoms with Crippen molar-refractivity contribution >= 4 is 5.69 Å². The maximum absolute atomic E-state index is 12.5. The summed E-state index contributed by atoms with van der Waals surface area (Å²) >= 11 is 0. The highest BCUT2D eigenvalue weighted by molar-refractivity contribution is 5.50. The molecule has 1 atom stereocenters. The molecule has 1 aliphatic rings. The Hall–Kier alpha value is -1.23. The Bertz CT molecular complexity index is 407. The van der Waals surface area contributed by atoms with Crippen LogP contribution >= 0.6 is 0 Å². The van der Waals surface area contributed by atoms with Gasteiger partial charge in [-0.15, -0.1) is 0 Å². The van der Waals surface area contributed by atoms with Gasteiger partial charge in [0.25, 0.3) is 0 Å². The van der Waals surface area contributed by atoms with E-state index < -0.39 is 11.7 Å². The standard InChI is InChI=1S/C12H14F3NO.C3H8.C2H6/c13-12(14,15)10-2-1-3-11(6-10)16-5-4-9(7-16)8-17;1-3-2;1-2/h1-3,6,9,17H,4-5,7-8H2;3H2,1-2H3;1-2H3. The lowest BCUT2D eigenvalue weighted by Crippen LogP contribution is -2.21. The molecule has 1 aliphatic heterocycles. The fourth-order valence-corrected chi connectivity index (χ4v) is 2.10. The summed E-state index contributed by atoms with van der Waals surface area (Å²) in [5.41, 5.74) is -0.0433. The summed E-state index contributed by atoms with van der Waals surface area (Å²) in [6.45, 7) is 9.67. The lowest BCUT2D eigenvalue weighted by molar-refractivity contribution is -0.137. The largest absolute Gasteiger partial charge is 0.416 e. The van der Waals surface area contributed by atoms with Crippen LogP contribution < -0.4 is 4.90 Å². The molecule has 1 heterocycles. The first-order chi connectivity index (χ1) is 10.4. The number of halogens is 3. The Morgan fingerprint density at radius 2 is 1.82 bits per heavy atom. The van der Waals surface area contributed by atoms with Gasteiger partial charge >= 0.3 is 6.18 Å². The van der Waals surface area contributed by atoms with Crippen molar-refractivity contribution in [3.05, 3.63) is 29.8 Å². The minimum Gasteiger partial charge on any atom is -0.396 e. The fourth-order valence-electron chi connectivity index (χ4n) is 2.10. The van der Waals surface area contributed by atoms with Crippen LogP contribution in [0.4, 0.5) is 18.9 Å². The molecule has 128 valence electrons. The van der Waals surface area contributed by atoms with Gasteiger partial charge in [-0.3, -0.25) is 0 Å². The van der Waals surface area contributed by atoms with Gasteiger partial charge in [0.2, 0.25) is 0 Å². The van der Waals surface area contributed by atoms with E-state index >= 15 is 0 Å². The van der Waals surface area contributed by atoms with Crippen LogP contribution in [0.25, 0.3) is 0 Å². The van der Waals surface area contributed by atoms with Gasteiger partial charge in [0.05, 0.1) is 5.56 Å². The molecule has 1 aromatic rings. The maximum atomic E-state index is 12.5. The molecule has 0 radical (unpaired) electrons. The molecule has 0 aromatic heterocycles. The first-order valence-corrected chi connectivity index (χ1v) is 7.95. The van der Waals surface area contributed by atoms with E-state index in [9.17, 15) is 13.2 Å². The summed E-state index contributed by atoms with van der Waals surface area (Å²) in [7, 11) is 0. The first kappa shape index (κ1) is 20.8. The highest BCUT2D eigenvalue weighted by Gasteiger charge is 2.31. The molecule has 1 fully saturated rings. The van der Waals surface area contributed by atoms with Crippen molar-refractivity contribution in [1.82, 2.24) is 0 Å². The third-order valence-electron chi connectivity index (χ3n) is 3.08. The lowest BCUT2D eigenvalue weighted by Gasteiger charge is -2.19. The molecule has 0 spiro atoms. The number of benzene rings is 1. The van der Waals surface area contributed by atoms with Crippen LogP contribution in [0.5, 0.6) is 0 Å². The third kappa shape index (κ3) is 6.69. The number of rotatable bonds is 2. The molecule has 0 amide bonds. The molecule has 2 rings (SSSR count). The molecular formula is C17H28F3NO. The minimum absolute atomic E-state index is 0.0927. The van der Waals surface area contributed by atoms with Gasteiger partial charge < -0.3 is 10.0 Å². The molecule has 0 saturated carbocycles. The first-order valence-electron chi connectivity index (χ1n) is 7.95. The van der Waals surface area contributed by atoms with Crippen molar-refractivity contribution in [2.45, 2.75) is 46.7 Å². The minimum atomic E-state index is -4.30. The van der Waals surface area contributed by atoms with Gasteiger partial charge in [0, 0.05) is 31.3 Å². The van der Waals surface area contributed by atoms with Crippen LogP contribution in [0, 0.1) is 5.92 Å². The fraction of sp³-hybridized carbons (Fsp3) is 0.647. The number of aliphatic hydroxyl groups excluding tert-OH is 1. The quantitative estimate of drug-likeness (QED) is 0.832. The van der Waals surface area contributed by atoms with Gasteiger partial charge in [-0.1, -0.05) is 40.2 Å². The summed E-state index contributed by atoms with van der Waals surface area (Å²) in [5, 5.41) is 9.01. The second-order valence-corrected chi connectivity index (χ2v) is 5.04. The van der Waals surface area contributed by atoms with Crippen LogP contribution in [0.1, 0.15) is 46.1 Å². The SMILES string of the molecule is CC.CCC.OCC1CCN(c2cccc(C(F)(F)F)c2)C1. The summed E-state index contributed by atoms with van der Waals surface area (Å²) in [4.78, 5) is 1.89. The topological polar surface area (TPSA) is 23.5 Å². The second kappa shape index (κ2) is 10.5. The smallest absolute Gasteiger partial charge is 0.396 e. The summed E-state index contributed by atoms with van der Waals surface area (Å²) in [6, 6.07) is 5.34. The number of hydrogen-bond donors (Lipinski definition) is 1. The third-order valence-corrected chi connectivity index (χ3v) is 3.08. The van der Waals surface area contributed by atoms with E-state index in [2.05, 4.69) is 13.8 Å². The van der Waals surface area contributed by atoms with E-state index in [1.807, 2.05) is 18.7 Å². The predicted octanol–water partition coefficient (Wildman–Crippen LogP) is 4.97. The highest BCUT2D eigenvalue weighted by atomic mass is 19.4. The average Bonchev–Trinajstić information content (AvgIpc) is 2.98. The Morgan fingerprint density at radius 3 is 2.27 bits per heavy atom. The van der Waals surface area contributed by atoms with Gasteiger partial charge in [-0.2, -0.15) is 13.2 Å². The van der Waals surface area contributed by atoms with Gasteiger partial charge in [0.1, 0.15) is 0 Å². The highest BCUT2D eigenvalue weighted by Crippen LogP contribution is 2.32. The number of anilines is 1.